The number of aromatic nitrogens is 2. The average Bonchev–Trinajstić information content (AvgIpc) is 2.62. The Bertz CT molecular complexity index is 455. The van der Waals surface area contributed by atoms with Gasteiger partial charge in [-0.05, 0) is 31.0 Å². The van der Waals surface area contributed by atoms with Gasteiger partial charge in [0.25, 0.3) is 0 Å². The van der Waals surface area contributed by atoms with Crippen LogP contribution in [-0.4, -0.2) is 9.55 Å². The summed E-state index contributed by atoms with van der Waals surface area (Å²) in [6.07, 6.45) is 3.13. The van der Waals surface area contributed by atoms with Gasteiger partial charge < -0.3 is 4.57 Å². The number of hydrogen-bond acceptors (Lipinski definition) is 1. The standard InChI is InChI=1S/C11H14N2.C2H4/c1-4-9-7-8(2)12-10-5-6-13(3)11(9)10;1-2/h5-7H,4H2,1-3H3;1-2H2. The molecule has 0 saturated heterocycles. The fraction of sp³-hybridized carbons (Fsp3) is 0.308. The van der Waals surface area contributed by atoms with Crippen LogP contribution in [0.15, 0.2) is 31.5 Å². The van der Waals surface area contributed by atoms with Gasteiger partial charge in [0.15, 0.2) is 0 Å². The lowest BCUT2D eigenvalue weighted by molar-refractivity contribution is 0.951. The Morgan fingerprint density at radius 2 is 2.07 bits per heavy atom. The molecule has 0 aliphatic carbocycles. The van der Waals surface area contributed by atoms with Crippen molar-refractivity contribution in [3.8, 4) is 0 Å². The second-order valence-corrected chi connectivity index (χ2v) is 3.44. The van der Waals surface area contributed by atoms with Crippen molar-refractivity contribution < 1.29 is 0 Å². The Balaban J connectivity index is 0.000000531. The summed E-state index contributed by atoms with van der Waals surface area (Å²) in [6, 6.07) is 4.24. The van der Waals surface area contributed by atoms with Gasteiger partial charge in [-0.2, -0.15) is 0 Å². The predicted molar refractivity (Wildman–Crippen MR) is 66.1 cm³/mol. The summed E-state index contributed by atoms with van der Waals surface area (Å²) in [4.78, 5) is 4.48. The van der Waals surface area contributed by atoms with E-state index in [1.807, 2.05) is 6.92 Å². The van der Waals surface area contributed by atoms with Crippen molar-refractivity contribution in [2.24, 2.45) is 7.05 Å². The van der Waals surface area contributed by atoms with Crippen LogP contribution in [0, 0.1) is 6.92 Å². The first-order valence-electron chi connectivity index (χ1n) is 5.14. The van der Waals surface area contributed by atoms with E-state index in [0.717, 1.165) is 17.6 Å². The minimum Gasteiger partial charge on any atom is -0.349 e. The van der Waals surface area contributed by atoms with Gasteiger partial charge in [-0.1, -0.05) is 6.92 Å². The van der Waals surface area contributed by atoms with Gasteiger partial charge >= 0.3 is 0 Å². The molecule has 0 N–H and O–H groups in total. The highest BCUT2D eigenvalue weighted by Gasteiger charge is 2.04. The van der Waals surface area contributed by atoms with Gasteiger partial charge in [0.1, 0.15) is 0 Å². The molecular weight excluding hydrogens is 184 g/mol. The van der Waals surface area contributed by atoms with Crippen LogP contribution in [0.4, 0.5) is 0 Å². The van der Waals surface area contributed by atoms with Crippen LogP contribution in [0.5, 0.6) is 0 Å². The van der Waals surface area contributed by atoms with Gasteiger partial charge in [-0.3, -0.25) is 4.98 Å². The summed E-state index contributed by atoms with van der Waals surface area (Å²) in [5, 5.41) is 0. The molecule has 15 heavy (non-hydrogen) atoms. The maximum atomic E-state index is 4.48. The van der Waals surface area contributed by atoms with E-state index in [1.165, 1.54) is 11.1 Å². The summed E-state index contributed by atoms with van der Waals surface area (Å²) < 4.78 is 2.14. The third-order valence-electron chi connectivity index (χ3n) is 2.42. The fourth-order valence-electron chi connectivity index (χ4n) is 1.81. The number of rotatable bonds is 1. The summed E-state index contributed by atoms with van der Waals surface area (Å²) in [5.41, 5.74) is 4.87. The molecule has 0 spiro atoms. The maximum Gasteiger partial charge on any atom is 0.0886 e. The highest BCUT2D eigenvalue weighted by atomic mass is 14.9. The smallest absolute Gasteiger partial charge is 0.0886 e. The molecule has 80 valence electrons. The number of fused-ring (bicyclic) bond motifs is 1. The second kappa shape index (κ2) is 4.78. The van der Waals surface area contributed by atoms with Crippen molar-refractivity contribution in [3.05, 3.63) is 42.7 Å². The van der Waals surface area contributed by atoms with Gasteiger partial charge in [-0.25, -0.2) is 0 Å². The highest BCUT2D eigenvalue weighted by Crippen LogP contribution is 2.18. The Morgan fingerprint density at radius 1 is 1.40 bits per heavy atom. The second-order valence-electron chi connectivity index (χ2n) is 3.44. The lowest BCUT2D eigenvalue weighted by Crippen LogP contribution is -1.93. The van der Waals surface area contributed by atoms with Crippen molar-refractivity contribution >= 4 is 11.0 Å². The molecule has 0 aliphatic rings. The topological polar surface area (TPSA) is 17.8 Å². The lowest BCUT2D eigenvalue weighted by Gasteiger charge is -2.04. The fourth-order valence-corrected chi connectivity index (χ4v) is 1.81. The zero-order valence-electron chi connectivity index (χ0n) is 9.75. The van der Waals surface area contributed by atoms with Crippen molar-refractivity contribution in [1.82, 2.24) is 9.55 Å². The zero-order valence-corrected chi connectivity index (χ0v) is 9.75. The Labute approximate surface area is 91.3 Å². The van der Waals surface area contributed by atoms with Crippen molar-refractivity contribution in [2.75, 3.05) is 0 Å². The normalized spacial score (nSPS) is 9.80. The molecule has 0 amide bonds. The molecule has 0 unspecified atom stereocenters. The lowest BCUT2D eigenvalue weighted by atomic mass is 10.1. The predicted octanol–water partition coefficient (Wildman–Crippen LogP) is 3.25. The molecule has 0 atom stereocenters. The quantitative estimate of drug-likeness (QED) is 0.649. The van der Waals surface area contributed by atoms with Crippen LogP contribution in [-0.2, 0) is 13.5 Å². The first-order valence-corrected chi connectivity index (χ1v) is 5.14. The minimum absolute atomic E-state index is 1.07. The summed E-state index contributed by atoms with van der Waals surface area (Å²) >= 11 is 0. The van der Waals surface area contributed by atoms with E-state index in [9.17, 15) is 0 Å². The first kappa shape index (κ1) is 11.5. The first-order chi connectivity index (χ1) is 7.22. The van der Waals surface area contributed by atoms with Crippen LogP contribution < -0.4 is 0 Å². The van der Waals surface area contributed by atoms with Gasteiger partial charge in [0, 0.05) is 18.9 Å². The molecule has 0 saturated carbocycles. The molecule has 2 heteroatoms. The largest absolute Gasteiger partial charge is 0.349 e. The zero-order chi connectivity index (χ0) is 11.4. The monoisotopic (exact) mass is 202 g/mol. The molecule has 2 aromatic heterocycles. The molecule has 2 nitrogen and oxygen atoms in total. The van der Waals surface area contributed by atoms with Crippen LogP contribution in [0.1, 0.15) is 18.2 Å². The third kappa shape index (κ3) is 2.09. The van der Waals surface area contributed by atoms with E-state index in [0.29, 0.717) is 0 Å². The minimum atomic E-state index is 1.07. The van der Waals surface area contributed by atoms with E-state index < -0.39 is 0 Å². The molecular formula is C13H18N2. The van der Waals surface area contributed by atoms with Gasteiger partial charge in [0.05, 0.1) is 11.0 Å². The maximum absolute atomic E-state index is 4.48. The molecule has 0 aromatic carbocycles. The summed E-state index contributed by atoms with van der Waals surface area (Å²) in [5.74, 6) is 0. The van der Waals surface area contributed by atoms with E-state index in [4.69, 9.17) is 0 Å². The molecule has 2 rings (SSSR count). The Hall–Kier alpha value is -1.57. The Morgan fingerprint density at radius 3 is 2.67 bits per heavy atom. The SMILES string of the molecule is C=C.CCc1cc(C)nc2ccn(C)c12. The van der Waals surface area contributed by atoms with E-state index in [1.54, 1.807) is 0 Å². The number of hydrogen-bond donors (Lipinski definition) is 0. The number of pyridine rings is 1. The molecule has 0 radical (unpaired) electrons. The average molecular weight is 202 g/mol. The van der Waals surface area contributed by atoms with Crippen molar-refractivity contribution in [1.29, 1.82) is 0 Å². The molecule has 2 heterocycles. The van der Waals surface area contributed by atoms with Crippen molar-refractivity contribution in [3.63, 3.8) is 0 Å². The van der Waals surface area contributed by atoms with Crippen LogP contribution >= 0.6 is 0 Å². The van der Waals surface area contributed by atoms with Crippen LogP contribution in [0.2, 0.25) is 0 Å². The highest BCUT2D eigenvalue weighted by molar-refractivity contribution is 5.79. The van der Waals surface area contributed by atoms with E-state index in [-0.39, 0.29) is 0 Å². The molecule has 2 aromatic rings. The number of nitrogens with zero attached hydrogens (tertiary/aromatic N) is 2. The van der Waals surface area contributed by atoms with Gasteiger partial charge in [-0.15, -0.1) is 13.2 Å². The van der Waals surface area contributed by atoms with E-state index >= 15 is 0 Å². The molecule has 0 fully saturated rings. The number of aryl methyl sites for hydroxylation is 3. The molecule has 0 aliphatic heterocycles. The van der Waals surface area contributed by atoms with Crippen molar-refractivity contribution in [2.45, 2.75) is 20.3 Å². The van der Waals surface area contributed by atoms with Crippen LogP contribution in [0.3, 0.4) is 0 Å². The van der Waals surface area contributed by atoms with E-state index in [2.05, 4.69) is 55.0 Å². The Kier molecular flexibility index (Phi) is 3.67. The summed E-state index contributed by atoms with van der Waals surface area (Å²) in [7, 11) is 2.07. The third-order valence-corrected chi connectivity index (χ3v) is 2.42. The summed E-state index contributed by atoms with van der Waals surface area (Å²) in [6.45, 7) is 10.2. The molecule has 0 bridgehead atoms. The van der Waals surface area contributed by atoms with Crippen LogP contribution in [0.25, 0.3) is 11.0 Å². The van der Waals surface area contributed by atoms with Gasteiger partial charge in [0.2, 0.25) is 0 Å².